The third-order valence-corrected chi connectivity index (χ3v) is 16.4. The molecule has 0 heterocycles. The molecule has 0 spiro atoms. The fraction of sp³-hybridized carbons (Fsp3) is 0.481. The van der Waals surface area contributed by atoms with Crippen LogP contribution in [0.1, 0.15) is 58.4 Å². The Hall–Kier alpha value is -5.84. The molecule has 0 fully saturated rings. The Morgan fingerprint density at radius 3 is 1.20 bits per heavy atom. The molecule has 434 valence electrons. The van der Waals surface area contributed by atoms with Crippen LogP contribution in [0, 0.1) is 22.7 Å². The van der Waals surface area contributed by atoms with Gasteiger partial charge in [0.2, 0.25) is 20.0 Å². The molecule has 0 saturated carbocycles. The molecule has 22 nitrogen and oxygen atoms in total. The van der Waals surface area contributed by atoms with Crippen molar-refractivity contribution in [3.05, 3.63) is 116 Å². The molecule has 4 amide bonds. The molecule has 0 aromatic heterocycles. The molecular formula is C54H70Cl2N10O12S2. The average Bonchev–Trinajstić information content (AvgIpc) is 3.98. The summed E-state index contributed by atoms with van der Waals surface area (Å²) in [6, 6.07) is 22.9. The lowest BCUT2D eigenvalue weighted by Crippen LogP contribution is -2.39. The van der Waals surface area contributed by atoms with E-state index >= 15 is 0 Å². The van der Waals surface area contributed by atoms with Crippen molar-refractivity contribution in [2.45, 2.75) is 59.8 Å². The summed E-state index contributed by atoms with van der Waals surface area (Å²) >= 11 is 12.6. The van der Waals surface area contributed by atoms with E-state index in [1.807, 2.05) is 50.1 Å². The number of halogens is 2. The standard InChI is InChI=1S/C54H70Cl2N10O12S2/c1-65(2)49-33-45-37(35-57)29-39(55)31-47(45)51(49)77-41-7-11-43(12-8-41)79(69,70)63-19-23-75-27-25-73-21-17-61-53(67)59-15-5-6-16-60-54(68)62-18-22-74-26-28-76-24-20-64-80(71,72)44-13-9-42(10-14-44)78-52-48-32-40(56)30-38(36-58)46(48)34-50(52)66(3)4/h7-14,29-32,49-52,63-64H,5-6,15-28,33-34H2,1-4H3,(H2,59,61,67)(H2,60,62,68)/t49-,50-,51-,52-/m0/s1. The van der Waals surface area contributed by atoms with Gasteiger partial charge in [-0.1, -0.05) is 23.2 Å². The van der Waals surface area contributed by atoms with Gasteiger partial charge in [0.15, 0.2) is 0 Å². The number of fused-ring (bicyclic) bond motifs is 2. The molecule has 0 aliphatic heterocycles. The number of rotatable bonds is 33. The van der Waals surface area contributed by atoms with E-state index in [1.165, 1.54) is 24.3 Å². The number of likely N-dealkylation sites (N-methyl/N-ethyl adjacent to an activating group) is 2. The lowest BCUT2D eigenvalue weighted by molar-refractivity contribution is 0.0516. The van der Waals surface area contributed by atoms with E-state index < -0.39 is 32.3 Å². The first kappa shape index (κ1) is 63.3. The van der Waals surface area contributed by atoms with Gasteiger partial charge in [-0.2, -0.15) is 10.5 Å². The average molecular weight is 1190 g/mol. The molecule has 0 saturated heterocycles. The van der Waals surface area contributed by atoms with Crippen LogP contribution in [0.4, 0.5) is 9.59 Å². The number of carbonyl (C=O) groups excluding carboxylic acids is 2. The van der Waals surface area contributed by atoms with Gasteiger partial charge in [0.05, 0.1) is 98.0 Å². The van der Waals surface area contributed by atoms with Crippen molar-refractivity contribution in [3.63, 3.8) is 0 Å². The van der Waals surface area contributed by atoms with Crippen LogP contribution in [0.5, 0.6) is 11.5 Å². The summed E-state index contributed by atoms with van der Waals surface area (Å²) in [5, 5.41) is 31.1. The maximum Gasteiger partial charge on any atom is 0.314 e. The van der Waals surface area contributed by atoms with Crippen molar-refractivity contribution in [2.24, 2.45) is 0 Å². The fourth-order valence-corrected chi connectivity index (χ4v) is 11.4. The minimum Gasteiger partial charge on any atom is -0.484 e. The van der Waals surface area contributed by atoms with E-state index in [-0.39, 0.29) is 113 Å². The van der Waals surface area contributed by atoms with Crippen molar-refractivity contribution in [1.82, 2.24) is 40.5 Å². The summed E-state index contributed by atoms with van der Waals surface area (Å²) in [6.07, 6.45) is 1.71. The van der Waals surface area contributed by atoms with Crippen molar-refractivity contribution < 1.29 is 54.8 Å². The zero-order chi connectivity index (χ0) is 57.7. The van der Waals surface area contributed by atoms with Crippen molar-refractivity contribution >= 4 is 55.3 Å². The molecule has 80 heavy (non-hydrogen) atoms. The van der Waals surface area contributed by atoms with Gasteiger partial charge >= 0.3 is 12.1 Å². The number of unbranched alkanes of at least 4 members (excludes halogenated alkanes) is 1. The monoisotopic (exact) mass is 1180 g/mol. The number of ether oxygens (including phenoxy) is 6. The molecule has 0 radical (unpaired) electrons. The number of urea groups is 2. The number of nitrogens with zero attached hydrogens (tertiary/aromatic N) is 4. The number of hydrogen-bond acceptors (Lipinski definition) is 16. The predicted molar refractivity (Wildman–Crippen MR) is 300 cm³/mol. The molecule has 26 heteroatoms. The first-order valence-electron chi connectivity index (χ1n) is 26.1. The maximum atomic E-state index is 12.9. The molecule has 4 aromatic rings. The Morgan fingerprint density at radius 1 is 0.525 bits per heavy atom. The molecule has 0 unspecified atom stereocenters. The number of nitriles is 2. The highest BCUT2D eigenvalue weighted by molar-refractivity contribution is 7.89. The van der Waals surface area contributed by atoms with Crippen LogP contribution in [-0.2, 0) is 51.8 Å². The normalized spacial score (nSPS) is 16.6. The van der Waals surface area contributed by atoms with Gasteiger partial charge in [0, 0.05) is 49.3 Å². The first-order chi connectivity index (χ1) is 38.4. The van der Waals surface area contributed by atoms with E-state index in [0.717, 1.165) is 22.3 Å². The Bertz CT molecular complexity index is 2800. The molecule has 2 aliphatic rings. The molecular weight excluding hydrogens is 1120 g/mol. The Labute approximate surface area is 478 Å². The third-order valence-electron chi connectivity index (χ3n) is 13.1. The van der Waals surface area contributed by atoms with E-state index in [0.29, 0.717) is 71.4 Å². The minimum atomic E-state index is -3.81. The molecule has 4 aromatic carbocycles. The van der Waals surface area contributed by atoms with Crippen LogP contribution in [-0.4, -0.2) is 171 Å². The van der Waals surface area contributed by atoms with E-state index in [9.17, 15) is 36.9 Å². The Kier molecular flexibility index (Phi) is 24.9. The highest BCUT2D eigenvalue weighted by atomic mass is 35.5. The molecule has 6 N–H and O–H groups in total. The van der Waals surface area contributed by atoms with Gasteiger partial charge in [-0.25, -0.2) is 35.9 Å². The van der Waals surface area contributed by atoms with Crippen LogP contribution >= 0.6 is 23.2 Å². The van der Waals surface area contributed by atoms with Crippen molar-refractivity contribution in [1.29, 1.82) is 10.5 Å². The summed E-state index contributed by atoms with van der Waals surface area (Å²) in [5.41, 5.74) is 4.50. The number of amides is 4. The van der Waals surface area contributed by atoms with E-state index in [2.05, 4.69) is 42.8 Å². The van der Waals surface area contributed by atoms with E-state index in [1.54, 1.807) is 36.4 Å². The highest BCUT2D eigenvalue weighted by Crippen LogP contribution is 2.42. The number of hydrogen-bond donors (Lipinski definition) is 6. The molecule has 2 aliphatic carbocycles. The summed E-state index contributed by atoms with van der Waals surface area (Å²) < 4.78 is 91.3. The quantitative estimate of drug-likeness (QED) is 0.0354. The van der Waals surface area contributed by atoms with Gasteiger partial charge in [0.25, 0.3) is 0 Å². The second kappa shape index (κ2) is 31.4. The van der Waals surface area contributed by atoms with Crippen LogP contribution < -0.4 is 40.2 Å². The summed E-state index contributed by atoms with van der Waals surface area (Å²) in [4.78, 5) is 28.4. The zero-order valence-corrected chi connectivity index (χ0v) is 48.4. The smallest absolute Gasteiger partial charge is 0.314 e. The van der Waals surface area contributed by atoms with Crippen LogP contribution in [0.2, 0.25) is 10.0 Å². The Morgan fingerprint density at radius 2 is 0.863 bits per heavy atom. The van der Waals surface area contributed by atoms with Crippen LogP contribution in [0.3, 0.4) is 0 Å². The zero-order valence-electron chi connectivity index (χ0n) is 45.2. The molecule has 6 rings (SSSR count). The summed E-state index contributed by atoms with van der Waals surface area (Å²) in [5.74, 6) is 0.955. The third kappa shape index (κ3) is 18.9. The first-order valence-corrected chi connectivity index (χ1v) is 29.8. The lowest BCUT2D eigenvalue weighted by Gasteiger charge is -2.27. The van der Waals surface area contributed by atoms with Gasteiger partial charge in [-0.05, 0) is 149 Å². The summed E-state index contributed by atoms with van der Waals surface area (Å²) in [7, 11) is 0.134. The fourth-order valence-electron chi connectivity index (χ4n) is 8.96. The molecule has 4 atom stereocenters. The highest BCUT2D eigenvalue weighted by Gasteiger charge is 2.39. The maximum absolute atomic E-state index is 12.9. The number of benzene rings is 4. The van der Waals surface area contributed by atoms with Crippen LogP contribution in [0.15, 0.2) is 82.6 Å². The van der Waals surface area contributed by atoms with Gasteiger partial charge in [-0.15, -0.1) is 0 Å². The largest absolute Gasteiger partial charge is 0.484 e. The van der Waals surface area contributed by atoms with Gasteiger partial charge in [-0.3, -0.25) is 0 Å². The van der Waals surface area contributed by atoms with E-state index in [4.69, 9.17) is 51.6 Å². The minimum absolute atomic E-state index is 0.0467. The number of nitrogens with one attached hydrogen (secondary N) is 6. The van der Waals surface area contributed by atoms with Crippen molar-refractivity contribution in [2.75, 3.05) is 120 Å². The topological polar surface area (TPSA) is 284 Å². The van der Waals surface area contributed by atoms with Gasteiger partial charge < -0.3 is 59.5 Å². The Balaban J connectivity index is 0.701. The van der Waals surface area contributed by atoms with Crippen molar-refractivity contribution in [3.8, 4) is 23.6 Å². The second-order valence-corrected chi connectivity index (χ2v) is 23.5. The van der Waals surface area contributed by atoms with Crippen LogP contribution in [0.25, 0.3) is 0 Å². The SMILES string of the molecule is CN(C)[C@H]1Cc2c(C#N)cc(Cl)cc2[C@@H]1Oc1ccc(S(=O)(=O)NCCOCCOCCNC(=O)NCCCCNC(=O)NCCOCCOCCNS(=O)(=O)c2ccc(O[C@H]3c4cc(Cl)cc(C#N)c4C[C@@H]3N(C)C)cc2)cc1. The number of carbonyl (C=O) groups is 2. The molecule has 0 bridgehead atoms. The predicted octanol–water partition coefficient (Wildman–Crippen LogP) is 4.65. The number of sulfonamides is 2. The van der Waals surface area contributed by atoms with Gasteiger partial charge in [0.1, 0.15) is 23.7 Å². The lowest BCUT2D eigenvalue weighted by atomic mass is 10.0. The summed E-state index contributed by atoms with van der Waals surface area (Å²) in [6.45, 7) is 3.15. The second-order valence-electron chi connectivity index (χ2n) is 19.1.